The van der Waals surface area contributed by atoms with Gasteiger partial charge in [-0.3, -0.25) is 4.79 Å². The van der Waals surface area contributed by atoms with E-state index in [0.29, 0.717) is 0 Å². The van der Waals surface area contributed by atoms with E-state index in [9.17, 15) is 4.79 Å². The largest absolute Gasteiger partial charge is 0.457 e. The van der Waals surface area contributed by atoms with Crippen LogP contribution in [0.2, 0.25) is 0 Å². The fourth-order valence-electron chi connectivity index (χ4n) is 1.63. The fraction of sp³-hybridized carbons (Fsp3) is 0.533. The van der Waals surface area contributed by atoms with Crippen LogP contribution in [0.3, 0.4) is 0 Å². The summed E-state index contributed by atoms with van der Waals surface area (Å²) in [6, 6.07) is 9.99. The van der Waals surface area contributed by atoms with Crippen molar-refractivity contribution in [2.45, 2.75) is 46.1 Å². The normalized spacial score (nSPS) is 12.5. The van der Waals surface area contributed by atoms with Crippen molar-refractivity contribution in [3.8, 4) is 0 Å². The van der Waals surface area contributed by atoms with Gasteiger partial charge in [0.05, 0.1) is 5.92 Å². The lowest BCUT2D eigenvalue weighted by atomic mass is 10.0. The van der Waals surface area contributed by atoms with Crippen LogP contribution in [-0.2, 0) is 9.53 Å². The number of ether oxygens (including phenoxy) is 1. The summed E-state index contributed by atoms with van der Waals surface area (Å²) < 4.78 is 5.56. The molecule has 0 saturated heterocycles. The average Bonchev–Trinajstić information content (AvgIpc) is 2.35. The lowest BCUT2D eigenvalue weighted by Crippen LogP contribution is -2.16. The molecule has 0 aromatic heterocycles. The second-order valence-electron chi connectivity index (χ2n) is 4.63. The summed E-state index contributed by atoms with van der Waals surface area (Å²) in [6.07, 6.45) is 3.00. The number of carbonyl (C=O) groups is 1. The highest BCUT2D eigenvalue weighted by atomic mass is 16.5. The highest BCUT2D eigenvalue weighted by Crippen LogP contribution is 2.24. The highest BCUT2D eigenvalue weighted by Gasteiger charge is 2.17. The van der Waals surface area contributed by atoms with Gasteiger partial charge in [0.25, 0.3) is 0 Å². The Kier molecular flexibility index (Phi) is 5.75. The number of hydrogen-bond donors (Lipinski definition) is 0. The van der Waals surface area contributed by atoms with Crippen LogP contribution < -0.4 is 0 Å². The van der Waals surface area contributed by atoms with Crippen molar-refractivity contribution in [1.29, 1.82) is 0 Å². The van der Waals surface area contributed by atoms with Crippen molar-refractivity contribution in [3.63, 3.8) is 0 Å². The molecule has 0 aliphatic heterocycles. The summed E-state index contributed by atoms with van der Waals surface area (Å²) in [5.74, 6) is -0.183. The third-order valence-corrected chi connectivity index (χ3v) is 2.72. The Bertz CT molecular complexity index is 330. The third kappa shape index (κ3) is 4.59. The van der Waals surface area contributed by atoms with Crippen LogP contribution in [0.1, 0.15) is 51.7 Å². The molecule has 1 aromatic rings. The van der Waals surface area contributed by atoms with E-state index in [0.717, 1.165) is 24.8 Å². The molecular weight excluding hydrogens is 212 g/mol. The Labute approximate surface area is 104 Å². The highest BCUT2D eigenvalue weighted by molar-refractivity contribution is 5.71. The summed E-state index contributed by atoms with van der Waals surface area (Å²) in [4.78, 5) is 11.7. The molecule has 0 heterocycles. The van der Waals surface area contributed by atoms with Crippen LogP contribution in [0.15, 0.2) is 30.3 Å². The number of esters is 1. The van der Waals surface area contributed by atoms with Crippen LogP contribution in [-0.4, -0.2) is 5.97 Å². The van der Waals surface area contributed by atoms with Crippen LogP contribution in [0.25, 0.3) is 0 Å². The van der Waals surface area contributed by atoms with Crippen molar-refractivity contribution in [1.82, 2.24) is 0 Å². The van der Waals surface area contributed by atoms with Gasteiger partial charge in [-0.2, -0.15) is 0 Å². The lowest BCUT2D eigenvalue weighted by molar-refractivity contribution is -0.153. The molecule has 0 spiro atoms. The van der Waals surface area contributed by atoms with Gasteiger partial charge in [0, 0.05) is 0 Å². The molecular formula is C15H22O2. The topological polar surface area (TPSA) is 26.3 Å². The molecule has 0 N–H and O–H groups in total. The SMILES string of the molecule is CCCC[C@@H](OC(=O)C(C)C)c1ccccc1. The van der Waals surface area contributed by atoms with Crippen LogP contribution in [0.5, 0.6) is 0 Å². The summed E-state index contributed by atoms with van der Waals surface area (Å²) in [5, 5.41) is 0. The summed E-state index contributed by atoms with van der Waals surface area (Å²) >= 11 is 0. The van der Waals surface area contributed by atoms with Crippen LogP contribution in [0.4, 0.5) is 0 Å². The zero-order valence-corrected chi connectivity index (χ0v) is 11.0. The molecule has 0 unspecified atom stereocenters. The van der Waals surface area contributed by atoms with Crippen LogP contribution in [0, 0.1) is 5.92 Å². The Hall–Kier alpha value is -1.31. The number of rotatable bonds is 6. The zero-order valence-electron chi connectivity index (χ0n) is 11.0. The number of unbranched alkanes of at least 4 members (excludes halogenated alkanes) is 1. The first-order valence-electron chi connectivity index (χ1n) is 6.40. The predicted molar refractivity (Wildman–Crippen MR) is 69.6 cm³/mol. The van der Waals surface area contributed by atoms with E-state index < -0.39 is 0 Å². The Balaban J connectivity index is 2.70. The van der Waals surface area contributed by atoms with Gasteiger partial charge in [-0.1, -0.05) is 57.5 Å². The number of benzene rings is 1. The molecule has 0 aliphatic carbocycles. The van der Waals surface area contributed by atoms with Gasteiger partial charge >= 0.3 is 5.97 Å². The minimum absolute atomic E-state index is 0.0668. The fourth-order valence-corrected chi connectivity index (χ4v) is 1.63. The van der Waals surface area contributed by atoms with Gasteiger partial charge in [-0.25, -0.2) is 0 Å². The minimum Gasteiger partial charge on any atom is -0.457 e. The molecule has 94 valence electrons. The average molecular weight is 234 g/mol. The van der Waals surface area contributed by atoms with Crippen molar-refractivity contribution in [2.75, 3.05) is 0 Å². The van der Waals surface area contributed by atoms with Crippen molar-refractivity contribution in [3.05, 3.63) is 35.9 Å². The molecule has 0 aliphatic rings. The first-order chi connectivity index (χ1) is 8.15. The number of hydrogen-bond acceptors (Lipinski definition) is 2. The molecule has 1 aromatic carbocycles. The van der Waals surface area contributed by atoms with E-state index in [1.807, 2.05) is 44.2 Å². The van der Waals surface area contributed by atoms with E-state index in [2.05, 4.69) is 6.92 Å². The summed E-state index contributed by atoms with van der Waals surface area (Å²) in [7, 11) is 0. The summed E-state index contributed by atoms with van der Waals surface area (Å²) in [6.45, 7) is 5.88. The molecule has 0 saturated carbocycles. The molecule has 0 fully saturated rings. The molecule has 0 bridgehead atoms. The zero-order chi connectivity index (χ0) is 12.7. The maximum atomic E-state index is 11.7. The number of carbonyl (C=O) groups excluding carboxylic acids is 1. The van der Waals surface area contributed by atoms with E-state index >= 15 is 0 Å². The molecule has 0 radical (unpaired) electrons. The smallest absolute Gasteiger partial charge is 0.308 e. The Morgan fingerprint density at radius 2 is 1.88 bits per heavy atom. The third-order valence-electron chi connectivity index (χ3n) is 2.72. The van der Waals surface area contributed by atoms with E-state index in [1.165, 1.54) is 0 Å². The predicted octanol–water partition coefficient (Wildman–Crippen LogP) is 4.12. The van der Waals surface area contributed by atoms with Gasteiger partial charge in [-0.15, -0.1) is 0 Å². The monoisotopic (exact) mass is 234 g/mol. The molecule has 0 amide bonds. The molecule has 1 atom stereocenters. The lowest BCUT2D eigenvalue weighted by Gasteiger charge is -2.19. The molecule has 2 heteroatoms. The van der Waals surface area contributed by atoms with Gasteiger partial charge in [-0.05, 0) is 18.4 Å². The van der Waals surface area contributed by atoms with Gasteiger partial charge in [0.15, 0.2) is 0 Å². The molecule has 17 heavy (non-hydrogen) atoms. The Morgan fingerprint density at radius 3 is 2.41 bits per heavy atom. The molecule has 1 rings (SSSR count). The molecule has 2 nitrogen and oxygen atoms in total. The van der Waals surface area contributed by atoms with Crippen molar-refractivity contribution < 1.29 is 9.53 Å². The second-order valence-corrected chi connectivity index (χ2v) is 4.63. The second kappa shape index (κ2) is 7.10. The van der Waals surface area contributed by atoms with Crippen molar-refractivity contribution in [2.24, 2.45) is 5.92 Å². The van der Waals surface area contributed by atoms with E-state index in [-0.39, 0.29) is 18.0 Å². The first-order valence-corrected chi connectivity index (χ1v) is 6.40. The van der Waals surface area contributed by atoms with Gasteiger partial charge < -0.3 is 4.74 Å². The first kappa shape index (κ1) is 13.8. The Morgan fingerprint density at radius 1 is 1.24 bits per heavy atom. The van der Waals surface area contributed by atoms with E-state index in [4.69, 9.17) is 4.74 Å². The van der Waals surface area contributed by atoms with E-state index in [1.54, 1.807) is 0 Å². The maximum Gasteiger partial charge on any atom is 0.308 e. The van der Waals surface area contributed by atoms with Crippen LogP contribution >= 0.6 is 0 Å². The van der Waals surface area contributed by atoms with Crippen molar-refractivity contribution >= 4 is 5.97 Å². The minimum atomic E-state index is -0.116. The van der Waals surface area contributed by atoms with Gasteiger partial charge in [0.2, 0.25) is 0 Å². The summed E-state index contributed by atoms with van der Waals surface area (Å²) in [5.41, 5.74) is 1.09. The van der Waals surface area contributed by atoms with Gasteiger partial charge in [0.1, 0.15) is 6.10 Å². The maximum absolute atomic E-state index is 11.7. The standard InChI is InChI=1S/C15H22O2/c1-4-5-11-14(17-15(16)12(2)3)13-9-7-6-8-10-13/h6-10,12,14H,4-5,11H2,1-3H3/t14-/m1/s1. The quantitative estimate of drug-likeness (QED) is 0.692.